The average molecular weight is 284 g/mol. The molecule has 4 heteroatoms. The fraction of sp³-hybridized carbons (Fsp3) is 0.875. The molecular weight excluding hydrogens is 252 g/mol. The predicted octanol–water partition coefficient (Wildman–Crippen LogP) is 2.00. The fourth-order valence-corrected chi connectivity index (χ4v) is 2.82. The van der Waals surface area contributed by atoms with E-state index in [0.29, 0.717) is 5.92 Å². The van der Waals surface area contributed by atoms with Gasteiger partial charge in [-0.3, -0.25) is 4.90 Å². The molecule has 4 nitrogen and oxygen atoms in total. The van der Waals surface area contributed by atoms with E-state index in [0.717, 1.165) is 51.3 Å². The Morgan fingerprint density at radius 3 is 2.85 bits per heavy atom. The summed E-state index contributed by atoms with van der Waals surface area (Å²) in [4.78, 5) is 2.32. The number of nitrogens with one attached hydrogen (secondary N) is 1. The van der Waals surface area contributed by atoms with Gasteiger partial charge in [-0.2, -0.15) is 0 Å². The normalized spacial score (nSPS) is 20.9. The summed E-state index contributed by atoms with van der Waals surface area (Å²) < 4.78 is 5.87. The predicted molar refractivity (Wildman–Crippen MR) is 83.7 cm³/mol. The molecule has 0 aliphatic carbocycles. The number of hydrogen-bond acceptors (Lipinski definition) is 4. The van der Waals surface area contributed by atoms with Crippen molar-refractivity contribution >= 4 is 0 Å². The molecular formula is C16H32N2O2. The van der Waals surface area contributed by atoms with Crippen molar-refractivity contribution in [3.63, 3.8) is 0 Å². The molecule has 2 unspecified atom stereocenters. The summed E-state index contributed by atoms with van der Waals surface area (Å²) in [7, 11) is 0. The van der Waals surface area contributed by atoms with E-state index in [1.807, 2.05) is 0 Å². The smallest absolute Gasteiger partial charge is 0.134 e. The number of nitrogens with zero attached hydrogens (tertiary/aromatic N) is 1. The van der Waals surface area contributed by atoms with E-state index in [9.17, 15) is 5.11 Å². The van der Waals surface area contributed by atoms with Crippen LogP contribution in [0.15, 0.2) is 12.3 Å². The van der Waals surface area contributed by atoms with Gasteiger partial charge in [0.05, 0.1) is 12.4 Å². The van der Waals surface area contributed by atoms with Gasteiger partial charge in [0, 0.05) is 13.0 Å². The van der Waals surface area contributed by atoms with Gasteiger partial charge in [-0.25, -0.2) is 0 Å². The zero-order valence-electron chi connectivity index (χ0n) is 13.2. The molecule has 0 aromatic heterocycles. The van der Waals surface area contributed by atoms with Crippen LogP contribution >= 0.6 is 0 Å². The summed E-state index contributed by atoms with van der Waals surface area (Å²) in [6, 6.07) is 0. The van der Waals surface area contributed by atoms with Crippen LogP contribution < -0.4 is 5.32 Å². The van der Waals surface area contributed by atoms with Crippen molar-refractivity contribution in [2.45, 2.75) is 45.6 Å². The van der Waals surface area contributed by atoms with Crippen LogP contribution in [0.25, 0.3) is 0 Å². The van der Waals surface area contributed by atoms with Crippen LogP contribution in [0.4, 0.5) is 0 Å². The Kier molecular flexibility index (Phi) is 8.90. The van der Waals surface area contributed by atoms with Crippen molar-refractivity contribution in [2.24, 2.45) is 5.92 Å². The third kappa shape index (κ3) is 6.73. The molecule has 0 aromatic carbocycles. The molecule has 1 aliphatic heterocycles. The Morgan fingerprint density at radius 2 is 2.30 bits per heavy atom. The molecule has 1 rings (SSSR count). The van der Waals surface area contributed by atoms with E-state index < -0.39 is 0 Å². The van der Waals surface area contributed by atoms with E-state index in [-0.39, 0.29) is 12.7 Å². The number of aliphatic hydroxyl groups is 1. The second kappa shape index (κ2) is 10.2. The fourth-order valence-electron chi connectivity index (χ4n) is 2.82. The number of hydrogen-bond donors (Lipinski definition) is 2. The van der Waals surface area contributed by atoms with Gasteiger partial charge in [-0.05, 0) is 51.4 Å². The highest BCUT2D eigenvalue weighted by atomic mass is 16.5. The topological polar surface area (TPSA) is 44.7 Å². The lowest BCUT2D eigenvalue weighted by atomic mass is 9.95. The Hall–Kier alpha value is -0.580. The lowest BCUT2D eigenvalue weighted by Crippen LogP contribution is -2.36. The molecule has 1 heterocycles. The third-order valence-corrected chi connectivity index (χ3v) is 3.90. The zero-order valence-corrected chi connectivity index (χ0v) is 13.2. The van der Waals surface area contributed by atoms with Crippen LogP contribution in [-0.4, -0.2) is 55.4 Å². The van der Waals surface area contributed by atoms with E-state index >= 15 is 0 Å². The maximum Gasteiger partial charge on any atom is 0.134 e. The first-order valence-electron chi connectivity index (χ1n) is 8.07. The van der Waals surface area contributed by atoms with Gasteiger partial charge in [0.2, 0.25) is 0 Å². The molecule has 1 saturated heterocycles. The molecule has 118 valence electrons. The molecule has 0 amide bonds. The number of likely N-dealkylation sites (N-methyl/N-ethyl adjacent to an activating group) is 1. The molecule has 0 spiro atoms. The summed E-state index contributed by atoms with van der Waals surface area (Å²) in [5.74, 6) is 1.46. The van der Waals surface area contributed by atoms with Gasteiger partial charge in [-0.15, -0.1) is 0 Å². The van der Waals surface area contributed by atoms with Gasteiger partial charge < -0.3 is 15.2 Å². The van der Waals surface area contributed by atoms with Crippen molar-refractivity contribution in [1.29, 1.82) is 0 Å². The molecule has 0 aromatic rings. The van der Waals surface area contributed by atoms with E-state index in [2.05, 4.69) is 30.6 Å². The highest BCUT2D eigenvalue weighted by Gasteiger charge is 2.18. The largest absolute Gasteiger partial charge is 0.492 e. The number of rotatable bonds is 10. The minimum atomic E-state index is -0.148. The molecule has 1 fully saturated rings. The molecule has 0 saturated carbocycles. The molecule has 2 N–H and O–H groups in total. The first kappa shape index (κ1) is 17.5. The Bertz CT molecular complexity index is 265. The number of allylic oxidation sites excluding steroid dienone is 1. The lowest BCUT2D eigenvalue weighted by molar-refractivity contribution is 0.0255. The van der Waals surface area contributed by atoms with Crippen molar-refractivity contribution in [3.05, 3.63) is 12.3 Å². The second-order valence-corrected chi connectivity index (χ2v) is 5.77. The monoisotopic (exact) mass is 284 g/mol. The maximum atomic E-state index is 9.49. The Balaban J connectivity index is 2.32. The van der Waals surface area contributed by atoms with Crippen LogP contribution in [-0.2, 0) is 4.74 Å². The summed E-state index contributed by atoms with van der Waals surface area (Å²) in [6.45, 7) is 13.4. The number of piperidine rings is 1. The Labute approximate surface area is 124 Å². The van der Waals surface area contributed by atoms with Crippen molar-refractivity contribution in [1.82, 2.24) is 10.2 Å². The van der Waals surface area contributed by atoms with Crippen LogP contribution in [0, 0.1) is 5.92 Å². The first-order chi connectivity index (χ1) is 9.69. The minimum Gasteiger partial charge on any atom is -0.492 e. The minimum absolute atomic E-state index is 0.0577. The standard InChI is InChI=1S/C16H32N2O2/c1-4-9-18(5-2)12-16(13-19)20-14(3)10-15-7-6-8-17-11-15/h15-17,19H,3-13H2,1-2H3. The quantitative estimate of drug-likeness (QED) is 0.602. The summed E-state index contributed by atoms with van der Waals surface area (Å²) in [6.07, 6.45) is 4.37. The van der Waals surface area contributed by atoms with Gasteiger partial charge in [-0.1, -0.05) is 20.4 Å². The summed E-state index contributed by atoms with van der Waals surface area (Å²) in [5.41, 5.74) is 0. The second-order valence-electron chi connectivity index (χ2n) is 5.77. The molecule has 2 atom stereocenters. The van der Waals surface area contributed by atoms with Crippen molar-refractivity contribution in [2.75, 3.05) is 39.3 Å². The Morgan fingerprint density at radius 1 is 1.50 bits per heavy atom. The van der Waals surface area contributed by atoms with Crippen LogP contribution in [0.3, 0.4) is 0 Å². The summed E-state index contributed by atoms with van der Waals surface area (Å²) >= 11 is 0. The van der Waals surface area contributed by atoms with E-state index in [4.69, 9.17) is 4.74 Å². The molecule has 0 radical (unpaired) electrons. The SMILES string of the molecule is C=C(CC1CCCNC1)OC(CO)CN(CC)CCC. The van der Waals surface area contributed by atoms with Gasteiger partial charge in [0.25, 0.3) is 0 Å². The highest BCUT2D eigenvalue weighted by molar-refractivity contribution is 4.89. The number of ether oxygens (including phenoxy) is 1. The average Bonchev–Trinajstić information content (AvgIpc) is 2.46. The van der Waals surface area contributed by atoms with Crippen molar-refractivity contribution < 1.29 is 9.84 Å². The number of aliphatic hydroxyl groups excluding tert-OH is 1. The van der Waals surface area contributed by atoms with Gasteiger partial charge in [0.15, 0.2) is 0 Å². The van der Waals surface area contributed by atoms with Gasteiger partial charge in [0.1, 0.15) is 6.10 Å². The third-order valence-electron chi connectivity index (χ3n) is 3.90. The van der Waals surface area contributed by atoms with Crippen LogP contribution in [0.1, 0.15) is 39.5 Å². The van der Waals surface area contributed by atoms with Crippen LogP contribution in [0.5, 0.6) is 0 Å². The summed E-state index contributed by atoms with van der Waals surface area (Å²) in [5, 5.41) is 12.9. The maximum absolute atomic E-state index is 9.49. The zero-order chi connectivity index (χ0) is 14.8. The molecule has 0 bridgehead atoms. The van der Waals surface area contributed by atoms with Crippen LogP contribution in [0.2, 0.25) is 0 Å². The highest BCUT2D eigenvalue weighted by Crippen LogP contribution is 2.20. The van der Waals surface area contributed by atoms with Crippen molar-refractivity contribution in [3.8, 4) is 0 Å². The lowest BCUT2D eigenvalue weighted by Gasteiger charge is -2.28. The van der Waals surface area contributed by atoms with E-state index in [1.165, 1.54) is 12.8 Å². The molecule has 1 aliphatic rings. The van der Waals surface area contributed by atoms with Gasteiger partial charge >= 0.3 is 0 Å². The molecule has 20 heavy (non-hydrogen) atoms. The first-order valence-corrected chi connectivity index (χ1v) is 8.07. The van der Waals surface area contributed by atoms with E-state index in [1.54, 1.807) is 0 Å².